The van der Waals surface area contributed by atoms with Crippen molar-refractivity contribution in [2.45, 2.75) is 37.4 Å². The summed E-state index contributed by atoms with van der Waals surface area (Å²) < 4.78 is 11.1. The maximum Gasteiger partial charge on any atom is 0.136 e. The molecule has 0 radical (unpaired) electrons. The van der Waals surface area contributed by atoms with E-state index >= 15 is 0 Å². The second-order valence-corrected chi connectivity index (χ2v) is 5.26. The number of aryl methyl sites for hydroxylation is 1. The molecule has 0 aliphatic carbocycles. The van der Waals surface area contributed by atoms with E-state index in [1.807, 2.05) is 6.07 Å². The van der Waals surface area contributed by atoms with Gasteiger partial charge in [-0.25, -0.2) is 0 Å². The molecular formula is C15H21ClO2. The molecule has 1 aromatic carbocycles. The van der Waals surface area contributed by atoms with Crippen LogP contribution < -0.4 is 0 Å². The summed E-state index contributed by atoms with van der Waals surface area (Å²) in [6.45, 7) is 0.778. The fourth-order valence-electron chi connectivity index (χ4n) is 2.58. The molecule has 3 atom stereocenters. The van der Waals surface area contributed by atoms with Gasteiger partial charge in [0.25, 0.3) is 0 Å². The van der Waals surface area contributed by atoms with Gasteiger partial charge in [-0.3, -0.25) is 0 Å². The molecule has 1 aromatic rings. The second kappa shape index (κ2) is 7.13. The summed E-state index contributed by atoms with van der Waals surface area (Å²) in [4.78, 5) is 0. The summed E-state index contributed by atoms with van der Waals surface area (Å²) in [5.41, 5.74) is 1.15. The van der Waals surface area contributed by atoms with E-state index in [1.54, 1.807) is 7.11 Å². The van der Waals surface area contributed by atoms with E-state index in [0.29, 0.717) is 5.92 Å². The lowest BCUT2D eigenvalue weighted by atomic mass is 9.91. The van der Waals surface area contributed by atoms with E-state index in [4.69, 9.17) is 21.1 Å². The summed E-state index contributed by atoms with van der Waals surface area (Å²) in [6, 6.07) is 10.5. The number of benzene rings is 1. The van der Waals surface area contributed by atoms with Crippen molar-refractivity contribution in [1.82, 2.24) is 0 Å². The Morgan fingerprint density at radius 2 is 2.17 bits per heavy atom. The molecule has 0 N–H and O–H groups in total. The van der Waals surface area contributed by atoms with Gasteiger partial charge in [0.2, 0.25) is 0 Å². The third-order valence-corrected chi connectivity index (χ3v) is 4.09. The Kier molecular flexibility index (Phi) is 5.48. The second-order valence-electron chi connectivity index (χ2n) is 4.83. The molecule has 1 aliphatic rings. The maximum absolute atomic E-state index is 6.24. The first-order valence-corrected chi connectivity index (χ1v) is 7.07. The zero-order valence-corrected chi connectivity index (χ0v) is 11.6. The largest absolute Gasteiger partial charge is 0.381 e. The molecule has 2 rings (SSSR count). The maximum atomic E-state index is 6.24. The van der Waals surface area contributed by atoms with E-state index in [1.165, 1.54) is 5.56 Å². The molecule has 18 heavy (non-hydrogen) atoms. The first-order valence-electron chi connectivity index (χ1n) is 6.63. The van der Waals surface area contributed by atoms with Crippen LogP contribution in [0.2, 0.25) is 0 Å². The molecule has 0 bridgehead atoms. The smallest absolute Gasteiger partial charge is 0.136 e. The molecule has 0 amide bonds. The molecule has 3 heteroatoms. The van der Waals surface area contributed by atoms with Crippen molar-refractivity contribution in [3.63, 3.8) is 0 Å². The van der Waals surface area contributed by atoms with Crippen LogP contribution in [0.5, 0.6) is 0 Å². The van der Waals surface area contributed by atoms with Gasteiger partial charge >= 0.3 is 0 Å². The number of methoxy groups -OCH3 is 1. The Labute approximate surface area is 114 Å². The van der Waals surface area contributed by atoms with Gasteiger partial charge in [-0.2, -0.15) is 0 Å². The van der Waals surface area contributed by atoms with Gasteiger partial charge in [-0.15, -0.1) is 0 Å². The third kappa shape index (κ3) is 3.71. The molecule has 1 aliphatic heterocycles. The van der Waals surface area contributed by atoms with Crippen LogP contribution >= 0.6 is 11.6 Å². The van der Waals surface area contributed by atoms with E-state index in [0.717, 1.165) is 32.3 Å². The monoisotopic (exact) mass is 268 g/mol. The SMILES string of the molecule is COC(CCc1ccccc1)C1CCCOC1Cl. The van der Waals surface area contributed by atoms with Gasteiger partial charge in [0, 0.05) is 19.6 Å². The zero-order valence-electron chi connectivity index (χ0n) is 10.8. The van der Waals surface area contributed by atoms with Crippen LogP contribution in [-0.2, 0) is 15.9 Å². The van der Waals surface area contributed by atoms with Gasteiger partial charge in [-0.1, -0.05) is 41.9 Å². The third-order valence-electron chi connectivity index (χ3n) is 3.64. The van der Waals surface area contributed by atoms with Gasteiger partial charge < -0.3 is 9.47 Å². The number of ether oxygens (including phenoxy) is 2. The molecule has 3 unspecified atom stereocenters. The highest BCUT2D eigenvalue weighted by atomic mass is 35.5. The molecule has 100 valence electrons. The zero-order chi connectivity index (χ0) is 12.8. The van der Waals surface area contributed by atoms with Gasteiger partial charge in [-0.05, 0) is 31.2 Å². The summed E-state index contributed by atoms with van der Waals surface area (Å²) in [6.07, 6.45) is 4.39. The van der Waals surface area contributed by atoms with Crippen LogP contribution in [0.15, 0.2) is 30.3 Å². The minimum Gasteiger partial charge on any atom is -0.381 e. The van der Waals surface area contributed by atoms with Crippen LogP contribution in [0.25, 0.3) is 0 Å². The van der Waals surface area contributed by atoms with Crippen LogP contribution in [0.4, 0.5) is 0 Å². The predicted octanol–water partition coefficient (Wildman–Crippen LogP) is 3.63. The standard InChI is InChI=1S/C15H21ClO2/c1-17-14(13-8-5-11-18-15(13)16)10-9-12-6-3-2-4-7-12/h2-4,6-7,13-15H,5,8-11H2,1H3. The lowest BCUT2D eigenvalue weighted by Crippen LogP contribution is -2.35. The average Bonchev–Trinajstić information content (AvgIpc) is 2.42. The predicted molar refractivity (Wildman–Crippen MR) is 73.9 cm³/mol. The van der Waals surface area contributed by atoms with Crippen LogP contribution in [-0.4, -0.2) is 25.4 Å². The molecule has 1 saturated heterocycles. The number of rotatable bonds is 5. The lowest BCUT2D eigenvalue weighted by molar-refractivity contribution is -0.0500. The fourth-order valence-corrected chi connectivity index (χ4v) is 2.96. The summed E-state index contributed by atoms with van der Waals surface area (Å²) in [5, 5.41) is 0. The van der Waals surface area contributed by atoms with Crippen LogP contribution in [0.1, 0.15) is 24.8 Å². The number of hydrogen-bond acceptors (Lipinski definition) is 2. The highest BCUT2D eigenvalue weighted by Gasteiger charge is 2.31. The minimum atomic E-state index is -0.195. The number of alkyl halides is 1. The molecular weight excluding hydrogens is 248 g/mol. The molecule has 0 spiro atoms. The van der Waals surface area contributed by atoms with E-state index < -0.39 is 0 Å². The van der Waals surface area contributed by atoms with E-state index in [-0.39, 0.29) is 11.7 Å². The topological polar surface area (TPSA) is 18.5 Å². The Morgan fingerprint density at radius 3 is 2.83 bits per heavy atom. The van der Waals surface area contributed by atoms with E-state index in [9.17, 15) is 0 Å². The summed E-state index contributed by atoms with van der Waals surface area (Å²) >= 11 is 6.24. The first-order chi connectivity index (χ1) is 8.81. The normalized spacial score (nSPS) is 25.9. The summed E-state index contributed by atoms with van der Waals surface area (Å²) in [5.74, 6) is 0.314. The number of halogens is 1. The Morgan fingerprint density at radius 1 is 1.39 bits per heavy atom. The summed E-state index contributed by atoms with van der Waals surface area (Å²) in [7, 11) is 1.77. The van der Waals surface area contributed by atoms with Crippen molar-refractivity contribution in [3.8, 4) is 0 Å². The molecule has 2 nitrogen and oxygen atoms in total. The van der Waals surface area contributed by atoms with Gasteiger partial charge in [0.1, 0.15) is 5.56 Å². The highest BCUT2D eigenvalue weighted by molar-refractivity contribution is 6.19. The van der Waals surface area contributed by atoms with Gasteiger partial charge in [0.05, 0.1) is 6.10 Å². The quantitative estimate of drug-likeness (QED) is 0.760. The fraction of sp³-hybridized carbons (Fsp3) is 0.600. The van der Waals surface area contributed by atoms with Crippen LogP contribution in [0.3, 0.4) is 0 Å². The van der Waals surface area contributed by atoms with Crippen molar-refractivity contribution in [1.29, 1.82) is 0 Å². The van der Waals surface area contributed by atoms with Crippen molar-refractivity contribution >= 4 is 11.6 Å². The minimum absolute atomic E-state index is 0.188. The Balaban J connectivity index is 1.88. The van der Waals surface area contributed by atoms with Gasteiger partial charge in [0.15, 0.2) is 0 Å². The Bertz CT molecular complexity index is 342. The Hall–Kier alpha value is -0.570. The van der Waals surface area contributed by atoms with Crippen molar-refractivity contribution in [2.24, 2.45) is 5.92 Å². The van der Waals surface area contributed by atoms with Crippen molar-refractivity contribution < 1.29 is 9.47 Å². The lowest BCUT2D eigenvalue weighted by Gasteiger charge is -2.33. The molecule has 1 heterocycles. The highest BCUT2D eigenvalue weighted by Crippen LogP contribution is 2.30. The molecule has 0 aromatic heterocycles. The number of hydrogen-bond donors (Lipinski definition) is 0. The first kappa shape index (κ1) is 13.9. The van der Waals surface area contributed by atoms with Crippen molar-refractivity contribution in [2.75, 3.05) is 13.7 Å². The molecule has 1 fully saturated rings. The van der Waals surface area contributed by atoms with Crippen LogP contribution in [0, 0.1) is 5.92 Å². The average molecular weight is 269 g/mol. The van der Waals surface area contributed by atoms with E-state index in [2.05, 4.69) is 24.3 Å². The molecule has 0 saturated carbocycles. The van der Waals surface area contributed by atoms with Crippen molar-refractivity contribution in [3.05, 3.63) is 35.9 Å².